The van der Waals surface area contributed by atoms with Crippen molar-refractivity contribution in [2.45, 2.75) is 31.7 Å². The molecule has 2 aromatic heterocycles. The van der Waals surface area contributed by atoms with Crippen LogP contribution in [0.2, 0.25) is 0 Å². The van der Waals surface area contributed by atoms with Crippen molar-refractivity contribution >= 4 is 40.3 Å². The minimum atomic E-state index is -0.555. The van der Waals surface area contributed by atoms with E-state index in [4.69, 9.17) is 9.15 Å². The molecule has 178 valence electrons. The molecule has 1 aliphatic carbocycles. The summed E-state index contributed by atoms with van der Waals surface area (Å²) < 4.78 is 10.6. The van der Waals surface area contributed by atoms with E-state index in [9.17, 15) is 14.4 Å². The number of ether oxygens (including phenoxy) is 1. The average molecular weight is 465 g/mol. The molecule has 2 N–H and O–H groups in total. The maximum absolute atomic E-state index is 13.2. The molecule has 0 bridgehead atoms. The zero-order chi connectivity index (χ0) is 24.2. The zero-order valence-corrected chi connectivity index (χ0v) is 19.5. The molecule has 0 radical (unpaired) electrons. The normalized spacial score (nSPS) is 18.0. The third-order valence-corrected chi connectivity index (χ3v) is 6.27. The van der Waals surface area contributed by atoms with Gasteiger partial charge in [0.05, 0.1) is 12.7 Å². The third kappa shape index (κ3) is 4.94. The molecule has 4 rings (SSSR count). The highest BCUT2D eigenvalue weighted by molar-refractivity contribution is 6.15. The molecule has 0 spiro atoms. The standard InChI is InChI=1S/C25H28N4O5/c1-29(2)17-10-7-15(8-11-17)23(30)28-21-18-14-16(25(32)33-3)9-12-19(18)34-22(21)24(31)27-20-6-4-5-13-26-20/h4-6,9,12-15,17H,7-8,10-11H2,1-3H3,(H,28,30)(H,26,27,31). The van der Waals surface area contributed by atoms with E-state index in [-0.39, 0.29) is 28.8 Å². The summed E-state index contributed by atoms with van der Waals surface area (Å²) in [6.45, 7) is 0. The topological polar surface area (TPSA) is 114 Å². The molecule has 0 aliphatic heterocycles. The van der Waals surface area contributed by atoms with E-state index in [2.05, 4.69) is 20.5 Å². The molecule has 0 atom stereocenters. The lowest BCUT2D eigenvalue weighted by atomic mass is 9.85. The monoisotopic (exact) mass is 464 g/mol. The Balaban J connectivity index is 1.65. The number of esters is 1. The number of nitrogens with zero attached hydrogens (tertiary/aromatic N) is 2. The van der Waals surface area contributed by atoms with Crippen molar-refractivity contribution in [2.75, 3.05) is 31.8 Å². The highest BCUT2D eigenvalue weighted by Crippen LogP contribution is 2.34. The fourth-order valence-electron chi connectivity index (χ4n) is 4.32. The van der Waals surface area contributed by atoms with Gasteiger partial charge in [-0.3, -0.25) is 9.59 Å². The maximum Gasteiger partial charge on any atom is 0.337 e. The van der Waals surface area contributed by atoms with Gasteiger partial charge < -0.3 is 24.7 Å². The van der Waals surface area contributed by atoms with Crippen LogP contribution in [0.5, 0.6) is 0 Å². The number of aromatic nitrogens is 1. The number of pyridine rings is 1. The van der Waals surface area contributed by atoms with E-state index >= 15 is 0 Å². The van der Waals surface area contributed by atoms with E-state index < -0.39 is 11.9 Å². The van der Waals surface area contributed by atoms with Gasteiger partial charge in [-0.1, -0.05) is 6.07 Å². The number of carbonyl (C=O) groups excluding carboxylic acids is 3. The number of hydrogen-bond donors (Lipinski definition) is 2. The van der Waals surface area contributed by atoms with Crippen LogP contribution in [0.25, 0.3) is 11.0 Å². The Kier molecular flexibility index (Phi) is 6.93. The first kappa shape index (κ1) is 23.4. The molecule has 1 saturated carbocycles. The molecule has 2 amide bonds. The van der Waals surface area contributed by atoms with Crippen LogP contribution < -0.4 is 10.6 Å². The summed E-state index contributed by atoms with van der Waals surface area (Å²) in [5.41, 5.74) is 0.883. The largest absolute Gasteiger partial charge is 0.465 e. The van der Waals surface area contributed by atoms with Crippen LogP contribution in [0.3, 0.4) is 0 Å². The molecular weight excluding hydrogens is 436 g/mol. The minimum absolute atomic E-state index is 0.0574. The Hall–Kier alpha value is -3.72. The summed E-state index contributed by atoms with van der Waals surface area (Å²) in [5, 5.41) is 6.05. The first-order valence-electron chi connectivity index (χ1n) is 11.2. The Morgan fingerprint density at radius 3 is 2.47 bits per heavy atom. The molecule has 1 aliphatic rings. The Morgan fingerprint density at radius 1 is 1.06 bits per heavy atom. The van der Waals surface area contributed by atoms with Crippen LogP contribution >= 0.6 is 0 Å². The summed E-state index contributed by atoms with van der Waals surface area (Å²) in [4.78, 5) is 44.6. The number of fused-ring (bicyclic) bond motifs is 1. The zero-order valence-electron chi connectivity index (χ0n) is 19.5. The number of hydrogen-bond acceptors (Lipinski definition) is 7. The van der Waals surface area contributed by atoms with Crippen LogP contribution in [0.1, 0.15) is 46.6 Å². The lowest BCUT2D eigenvalue weighted by Crippen LogP contribution is -2.35. The molecule has 0 unspecified atom stereocenters. The second-order valence-corrected chi connectivity index (χ2v) is 8.64. The number of furan rings is 1. The van der Waals surface area contributed by atoms with Gasteiger partial charge in [-0.05, 0) is 70.1 Å². The number of carbonyl (C=O) groups is 3. The molecule has 3 aromatic rings. The van der Waals surface area contributed by atoms with Gasteiger partial charge in [-0.2, -0.15) is 0 Å². The summed E-state index contributed by atoms with van der Waals surface area (Å²) >= 11 is 0. The number of nitrogens with one attached hydrogen (secondary N) is 2. The molecule has 1 aromatic carbocycles. The minimum Gasteiger partial charge on any atom is -0.465 e. The van der Waals surface area contributed by atoms with Crippen molar-refractivity contribution in [1.29, 1.82) is 0 Å². The average Bonchev–Trinajstić information content (AvgIpc) is 3.21. The van der Waals surface area contributed by atoms with E-state index in [1.165, 1.54) is 7.11 Å². The summed E-state index contributed by atoms with van der Waals surface area (Å²) in [7, 11) is 5.39. The Labute approximate surface area is 197 Å². The van der Waals surface area contributed by atoms with Crippen molar-refractivity contribution in [2.24, 2.45) is 5.92 Å². The number of rotatable bonds is 6. The molecule has 0 saturated heterocycles. The van der Waals surface area contributed by atoms with Crippen LogP contribution in [0.4, 0.5) is 11.5 Å². The van der Waals surface area contributed by atoms with E-state index in [1.807, 2.05) is 14.1 Å². The van der Waals surface area contributed by atoms with Crippen molar-refractivity contribution in [3.8, 4) is 0 Å². The number of amides is 2. The van der Waals surface area contributed by atoms with Crippen molar-refractivity contribution in [3.63, 3.8) is 0 Å². The van der Waals surface area contributed by atoms with Gasteiger partial charge in [0.1, 0.15) is 17.1 Å². The number of benzene rings is 1. The first-order chi connectivity index (χ1) is 16.4. The Morgan fingerprint density at radius 2 is 1.82 bits per heavy atom. The number of anilines is 2. The van der Waals surface area contributed by atoms with Crippen LogP contribution in [0, 0.1) is 5.92 Å². The third-order valence-electron chi connectivity index (χ3n) is 6.27. The van der Waals surface area contributed by atoms with Crippen LogP contribution in [-0.4, -0.2) is 54.9 Å². The van der Waals surface area contributed by atoms with Gasteiger partial charge in [-0.25, -0.2) is 9.78 Å². The molecule has 34 heavy (non-hydrogen) atoms. The van der Waals surface area contributed by atoms with Crippen molar-refractivity contribution < 1.29 is 23.5 Å². The SMILES string of the molecule is COC(=O)c1ccc2oc(C(=O)Nc3ccccn3)c(NC(=O)C3CCC(N(C)C)CC3)c2c1. The molecule has 9 nitrogen and oxygen atoms in total. The number of methoxy groups -OCH3 is 1. The van der Waals surface area contributed by atoms with Gasteiger partial charge in [-0.15, -0.1) is 0 Å². The highest BCUT2D eigenvalue weighted by Gasteiger charge is 2.30. The lowest BCUT2D eigenvalue weighted by molar-refractivity contribution is -0.121. The van der Waals surface area contributed by atoms with Gasteiger partial charge >= 0.3 is 5.97 Å². The predicted octanol–water partition coefficient (Wildman–Crippen LogP) is 3.93. The maximum atomic E-state index is 13.2. The van der Waals surface area contributed by atoms with Gasteiger partial charge in [0.15, 0.2) is 0 Å². The van der Waals surface area contributed by atoms with Crippen LogP contribution in [0.15, 0.2) is 47.0 Å². The molecule has 9 heteroatoms. The Bertz CT molecular complexity index is 1200. The predicted molar refractivity (Wildman–Crippen MR) is 128 cm³/mol. The lowest BCUT2D eigenvalue weighted by Gasteiger charge is -2.31. The fraction of sp³-hybridized carbons (Fsp3) is 0.360. The fourth-order valence-corrected chi connectivity index (χ4v) is 4.32. The highest BCUT2D eigenvalue weighted by atomic mass is 16.5. The van der Waals surface area contributed by atoms with E-state index in [0.717, 1.165) is 25.7 Å². The second kappa shape index (κ2) is 10.0. The van der Waals surface area contributed by atoms with E-state index in [0.29, 0.717) is 22.8 Å². The van der Waals surface area contributed by atoms with Crippen molar-refractivity contribution in [1.82, 2.24) is 9.88 Å². The molecule has 1 fully saturated rings. The summed E-state index contributed by atoms with van der Waals surface area (Å²) in [6.07, 6.45) is 4.93. The first-order valence-corrected chi connectivity index (χ1v) is 11.2. The van der Waals surface area contributed by atoms with E-state index in [1.54, 1.807) is 42.6 Å². The van der Waals surface area contributed by atoms with Crippen LogP contribution in [-0.2, 0) is 9.53 Å². The summed E-state index contributed by atoms with van der Waals surface area (Å²) in [5.74, 6) is -1.13. The second-order valence-electron chi connectivity index (χ2n) is 8.64. The molecule has 2 heterocycles. The van der Waals surface area contributed by atoms with Gasteiger partial charge in [0.2, 0.25) is 11.7 Å². The summed E-state index contributed by atoms with van der Waals surface area (Å²) in [6, 6.07) is 10.3. The quantitative estimate of drug-likeness (QED) is 0.532. The van der Waals surface area contributed by atoms with Gasteiger partial charge in [0.25, 0.3) is 5.91 Å². The smallest absolute Gasteiger partial charge is 0.337 e. The molecular formula is C25H28N4O5. The van der Waals surface area contributed by atoms with Crippen molar-refractivity contribution in [3.05, 3.63) is 53.9 Å². The van der Waals surface area contributed by atoms with Gasteiger partial charge in [0, 0.05) is 23.5 Å².